The maximum atomic E-state index is 11.9. The van der Waals surface area contributed by atoms with E-state index in [4.69, 9.17) is 4.74 Å². The molecule has 0 aliphatic carbocycles. The first kappa shape index (κ1) is 22.8. The molecule has 1 aliphatic heterocycles. The van der Waals surface area contributed by atoms with Gasteiger partial charge in [-0.15, -0.1) is 0 Å². The number of rotatable bonds is 10. The molecule has 1 aromatic heterocycles. The number of benzene rings is 1. The third-order valence-corrected chi connectivity index (χ3v) is 6.83. The summed E-state index contributed by atoms with van der Waals surface area (Å²) in [6.07, 6.45) is 6.35. The van der Waals surface area contributed by atoms with E-state index in [2.05, 4.69) is 16.1 Å². The van der Waals surface area contributed by atoms with Crippen LogP contribution in [0.1, 0.15) is 37.4 Å². The highest BCUT2D eigenvalue weighted by molar-refractivity contribution is 7.98. The minimum atomic E-state index is -0.719. The fourth-order valence-corrected chi connectivity index (χ4v) is 4.84. The van der Waals surface area contributed by atoms with Crippen molar-refractivity contribution in [3.05, 3.63) is 36.0 Å². The monoisotopic (exact) mass is 432 g/mol. The molecule has 7 heteroatoms. The lowest BCUT2D eigenvalue weighted by Crippen LogP contribution is -2.44. The molecule has 2 aromatic rings. The second kappa shape index (κ2) is 11.0. The third-order valence-electron chi connectivity index (χ3n) is 6.13. The SMILES string of the molecule is COc1ccc2nccc(C(O)CC[C@@H]3CCN(CCCSC)C[C@@H]3C(=O)O)c2c1. The van der Waals surface area contributed by atoms with Crippen molar-refractivity contribution in [2.45, 2.75) is 31.8 Å². The summed E-state index contributed by atoms with van der Waals surface area (Å²) in [4.78, 5) is 18.5. The molecule has 3 atom stereocenters. The van der Waals surface area contributed by atoms with Crippen LogP contribution in [0.15, 0.2) is 30.5 Å². The van der Waals surface area contributed by atoms with Crippen molar-refractivity contribution < 1.29 is 19.7 Å². The summed E-state index contributed by atoms with van der Waals surface area (Å²) >= 11 is 1.83. The van der Waals surface area contributed by atoms with Crippen LogP contribution < -0.4 is 4.74 Å². The van der Waals surface area contributed by atoms with Crippen LogP contribution in [-0.4, -0.2) is 64.8 Å². The molecule has 3 rings (SSSR count). The number of carbonyl (C=O) groups is 1. The fourth-order valence-electron chi connectivity index (χ4n) is 4.42. The van der Waals surface area contributed by atoms with Gasteiger partial charge in [0.15, 0.2) is 0 Å². The van der Waals surface area contributed by atoms with Gasteiger partial charge in [-0.25, -0.2) is 0 Å². The zero-order valence-electron chi connectivity index (χ0n) is 17.8. The number of aromatic nitrogens is 1. The van der Waals surface area contributed by atoms with Crippen LogP contribution in [0.4, 0.5) is 0 Å². The second-order valence-electron chi connectivity index (χ2n) is 8.02. The average Bonchev–Trinajstić information content (AvgIpc) is 2.77. The molecule has 2 heterocycles. The Morgan fingerprint density at radius 2 is 2.23 bits per heavy atom. The Morgan fingerprint density at radius 1 is 1.40 bits per heavy atom. The first-order valence-electron chi connectivity index (χ1n) is 10.6. The molecular formula is C23H32N2O4S. The van der Waals surface area contributed by atoms with Gasteiger partial charge in [-0.3, -0.25) is 9.78 Å². The predicted octanol–water partition coefficient (Wildman–Crippen LogP) is 3.83. The van der Waals surface area contributed by atoms with Gasteiger partial charge in [0.25, 0.3) is 0 Å². The molecule has 0 spiro atoms. The Labute approximate surface area is 182 Å². The standard InChI is InChI=1S/C23H32N2O4S/c1-29-17-5-6-21-19(14-17)18(8-10-24-21)22(26)7-4-16-9-12-25(11-3-13-30-2)15-20(16)23(27)28/h5-6,8,10,14,16,20,22,26H,3-4,7,9,11-13,15H2,1-2H3,(H,27,28)/t16-,20+,22?/m1/s1. The Bertz CT molecular complexity index is 847. The molecule has 0 bridgehead atoms. The summed E-state index contributed by atoms with van der Waals surface area (Å²) in [5.74, 6) is 0.840. The van der Waals surface area contributed by atoms with Crippen LogP contribution in [0.2, 0.25) is 0 Å². The maximum Gasteiger partial charge on any atom is 0.308 e. The quantitative estimate of drug-likeness (QED) is 0.552. The van der Waals surface area contributed by atoms with Crippen LogP contribution in [0.25, 0.3) is 10.9 Å². The molecule has 30 heavy (non-hydrogen) atoms. The van der Waals surface area contributed by atoms with E-state index >= 15 is 0 Å². The minimum absolute atomic E-state index is 0.0941. The molecule has 0 amide bonds. The molecule has 2 N–H and O–H groups in total. The van der Waals surface area contributed by atoms with Crippen LogP contribution in [0.3, 0.4) is 0 Å². The van der Waals surface area contributed by atoms with Crippen molar-refractivity contribution >= 4 is 28.6 Å². The highest BCUT2D eigenvalue weighted by Gasteiger charge is 2.34. The van der Waals surface area contributed by atoms with Crippen molar-refractivity contribution in [2.75, 3.05) is 38.8 Å². The number of thioether (sulfide) groups is 1. The average molecular weight is 433 g/mol. The first-order valence-corrected chi connectivity index (χ1v) is 12.0. The Kier molecular flexibility index (Phi) is 8.36. The Hall–Kier alpha value is -1.83. The third kappa shape index (κ3) is 5.65. The van der Waals surface area contributed by atoms with Crippen molar-refractivity contribution in [2.24, 2.45) is 11.8 Å². The second-order valence-corrected chi connectivity index (χ2v) is 9.00. The van der Waals surface area contributed by atoms with E-state index < -0.39 is 12.1 Å². The number of piperidine rings is 1. The van der Waals surface area contributed by atoms with E-state index in [0.717, 1.165) is 53.9 Å². The number of aliphatic hydroxyl groups is 1. The van der Waals surface area contributed by atoms with E-state index in [-0.39, 0.29) is 11.8 Å². The molecule has 1 unspecified atom stereocenters. The van der Waals surface area contributed by atoms with Gasteiger partial charge >= 0.3 is 5.97 Å². The summed E-state index contributed by atoms with van der Waals surface area (Å²) in [6, 6.07) is 7.48. The van der Waals surface area contributed by atoms with Crippen LogP contribution in [-0.2, 0) is 4.79 Å². The molecule has 1 saturated heterocycles. The number of carboxylic acid groups (broad SMARTS) is 1. The Morgan fingerprint density at radius 3 is 2.97 bits per heavy atom. The van der Waals surface area contributed by atoms with Crippen LogP contribution >= 0.6 is 11.8 Å². The van der Waals surface area contributed by atoms with E-state index in [1.165, 1.54) is 0 Å². The number of nitrogens with zero attached hydrogens (tertiary/aromatic N) is 2. The summed E-state index contributed by atoms with van der Waals surface area (Å²) in [5, 5.41) is 21.5. The van der Waals surface area contributed by atoms with E-state index in [9.17, 15) is 15.0 Å². The number of methoxy groups -OCH3 is 1. The lowest BCUT2D eigenvalue weighted by molar-refractivity contribution is -0.146. The summed E-state index contributed by atoms with van der Waals surface area (Å²) in [7, 11) is 1.62. The molecule has 1 aromatic carbocycles. The van der Waals surface area contributed by atoms with E-state index in [1.54, 1.807) is 13.3 Å². The molecular weight excluding hydrogens is 400 g/mol. The summed E-state index contributed by atoms with van der Waals surface area (Å²) in [6.45, 7) is 2.51. The topological polar surface area (TPSA) is 82.9 Å². The number of hydrogen-bond donors (Lipinski definition) is 2. The number of hydrogen-bond acceptors (Lipinski definition) is 6. The molecule has 1 fully saturated rings. The zero-order chi connectivity index (χ0) is 21.5. The van der Waals surface area contributed by atoms with Crippen molar-refractivity contribution in [3.63, 3.8) is 0 Å². The normalized spacial score (nSPS) is 20.9. The van der Waals surface area contributed by atoms with Crippen molar-refractivity contribution in [3.8, 4) is 5.75 Å². The highest BCUT2D eigenvalue weighted by Crippen LogP contribution is 2.33. The number of aliphatic hydroxyl groups excluding tert-OH is 1. The van der Waals surface area contributed by atoms with Gasteiger partial charge in [-0.2, -0.15) is 11.8 Å². The predicted molar refractivity (Wildman–Crippen MR) is 121 cm³/mol. The van der Waals surface area contributed by atoms with Gasteiger partial charge in [0.05, 0.1) is 24.6 Å². The van der Waals surface area contributed by atoms with E-state index in [0.29, 0.717) is 19.4 Å². The smallest absolute Gasteiger partial charge is 0.308 e. The first-order chi connectivity index (χ1) is 14.5. The molecule has 1 aliphatic rings. The maximum absolute atomic E-state index is 11.9. The van der Waals surface area contributed by atoms with Gasteiger partial charge in [-0.05, 0) is 86.5 Å². The van der Waals surface area contributed by atoms with Gasteiger partial charge in [0.1, 0.15) is 5.75 Å². The molecule has 164 valence electrons. The molecule has 0 saturated carbocycles. The van der Waals surface area contributed by atoms with Crippen molar-refractivity contribution in [1.82, 2.24) is 9.88 Å². The van der Waals surface area contributed by atoms with Gasteiger partial charge < -0.3 is 19.8 Å². The largest absolute Gasteiger partial charge is 0.497 e. The highest BCUT2D eigenvalue weighted by atomic mass is 32.2. The lowest BCUT2D eigenvalue weighted by Gasteiger charge is -2.37. The number of ether oxygens (including phenoxy) is 1. The Balaban J connectivity index is 1.64. The fraction of sp³-hybridized carbons (Fsp3) is 0.565. The summed E-state index contributed by atoms with van der Waals surface area (Å²) in [5.41, 5.74) is 1.63. The van der Waals surface area contributed by atoms with Crippen LogP contribution in [0.5, 0.6) is 5.75 Å². The zero-order valence-corrected chi connectivity index (χ0v) is 18.6. The number of likely N-dealkylation sites (tertiary alicyclic amines) is 1. The lowest BCUT2D eigenvalue weighted by atomic mass is 9.81. The molecule has 6 nitrogen and oxygen atoms in total. The summed E-state index contributed by atoms with van der Waals surface area (Å²) < 4.78 is 5.32. The number of aliphatic carboxylic acids is 1. The van der Waals surface area contributed by atoms with Crippen molar-refractivity contribution in [1.29, 1.82) is 0 Å². The van der Waals surface area contributed by atoms with E-state index in [1.807, 2.05) is 36.0 Å². The van der Waals surface area contributed by atoms with Gasteiger partial charge in [0, 0.05) is 18.1 Å². The minimum Gasteiger partial charge on any atom is -0.497 e. The molecule has 0 radical (unpaired) electrons. The number of pyridine rings is 1. The van der Waals surface area contributed by atoms with Gasteiger partial charge in [-0.1, -0.05) is 0 Å². The van der Waals surface area contributed by atoms with Gasteiger partial charge in [0.2, 0.25) is 0 Å². The number of carboxylic acids is 1. The van der Waals surface area contributed by atoms with Crippen LogP contribution in [0, 0.1) is 11.8 Å². The number of fused-ring (bicyclic) bond motifs is 1.